The molecule has 0 aliphatic heterocycles. The van der Waals surface area contributed by atoms with Crippen LogP contribution in [0.1, 0.15) is 80.4 Å². The van der Waals surface area contributed by atoms with E-state index >= 15 is 0 Å². The lowest BCUT2D eigenvalue weighted by atomic mass is 10.0. The second-order valence-electron chi connectivity index (χ2n) is 6.69. The summed E-state index contributed by atoms with van der Waals surface area (Å²) in [5.74, 6) is 0.228. The van der Waals surface area contributed by atoms with E-state index in [0.717, 1.165) is 11.3 Å². The van der Waals surface area contributed by atoms with Crippen molar-refractivity contribution in [2.24, 2.45) is 0 Å². The normalized spacial score (nSPS) is 11.8. The summed E-state index contributed by atoms with van der Waals surface area (Å²) < 4.78 is 6.58. The van der Waals surface area contributed by atoms with Crippen molar-refractivity contribution < 1.29 is 4.79 Å². The lowest BCUT2D eigenvalue weighted by Gasteiger charge is -2.03. The monoisotopic (exact) mass is 456 g/mol. The Morgan fingerprint density at radius 2 is 1.60 bits per heavy atom. The van der Waals surface area contributed by atoms with Gasteiger partial charge in [0.1, 0.15) is 0 Å². The topological polar surface area (TPSA) is 17.1 Å². The number of fused-ring (bicyclic) bond motifs is 3. The fourth-order valence-corrected chi connectivity index (χ4v) is 8.17. The van der Waals surface area contributed by atoms with Gasteiger partial charge in [0, 0.05) is 9.85 Å². The summed E-state index contributed by atoms with van der Waals surface area (Å²) in [6, 6.07) is 0. The van der Waals surface area contributed by atoms with Crippen molar-refractivity contribution in [3.8, 4) is 0 Å². The lowest BCUT2D eigenvalue weighted by molar-refractivity contribution is 0.102. The molecule has 25 heavy (non-hydrogen) atoms. The van der Waals surface area contributed by atoms with Crippen LogP contribution in [0.4, 0.5) is 0 Å². The van der Waals surface area contributed by atoms with Crippen LogP contribution in [0.5, 0.6) is 0 Å². The number of carbonyl (C=O) groups is 1. The van der Waals surface area contributed by atoms with Crippen LogP contribution in [0, 0.1) is 0 Å². The zero-order valence-corrected chi connectivity index (χ0v) is 19.0. The zero-order valence-electron chi connectivity index (χ0n) is 15.0. The average Bonchev–Trinajstić information content (AvgIpc) is 3.22. The van der Waals surface area contributed by atoms with Gasteiger partial charge in [-0.3, -0.25) is 4.79 Å². The minimum absolute atomic E-state index is 0.228. The van der Waals surface area contributed by atoms with Crippen molar-refractivity contribution in [2.45, 2.75) is 71.6 Å². The van der Waals surface area contributed by atoms with Crippen molar-refractivity contribution in [1.29, 1.82) is 0 Å². The Morgan fingerprint density at radius 1 is 0.920 bits per heavy atom. The van der Waals surface area contributed by atoms with Crippen LogP contribution in [0.15, 0.2) is 9.85 Å². The Kier molecular flexibility index (Phi) is 7.12. The molecule has 3 heterocycles. The van der Waals surface area contributed by atoms with E-state index in [1.807, 2.05) is 11.3 Å². The highest BCUT2D eigenvalue weighted by molar-refractivity contribution is 9.10. The maximum atomic E-state index is 12.1. The summed E-state index contributed by atoms with van der Waals surface area (Å²) >= 11 is 9.02. The van der Waals surface area contributed by atoms with E-state index in [1.165, 1.54) is 80.2 Å². The number of thiophene rings is 3. The molecule has 136 valence electrons. The fourth-order valence-electron chi connectivity index (χ4n) is 3.33. The van der Waals surface area contributed by atoms with Gasteiger partial charge in [0.05, 0.1) is 23.7 Å². The molecule has 3 aromatic rings. The van der Waals surface area contributed by atoms with Crippen LogP contribution in [0.25, 0.3) is 18.8 Å². The van der Waals surface area contributed by atoms with Gasteiger partial charge in [-0.25, -0.2) is 0 Å². The van der Waals surface area contributed by atoms with Crippen LogP contribution in [0.3, 0.4) is 0 Å². The molecule has 0 saturated carbocycles. The number of hydrogen-bond donors (Lipinski definition) is 0. The first-order valence-electron chi connectivity index (χ1n) is 9.25. The van der Waals surface area contributed by atoms with Crippen molar-refractivity contribution in [3.05, 3.63) is 20.3 Å². The Labute approximate surface area is 170 Å². The maximum Gasteiger partial charge on any atom is 0.170 e. The minimum atomic E-state index is 0.228. The lowest BCUT2D eigenvalue weighted by Crippen LogP contribution is -1.95. The second kappa shape index (κ2) is 9.12. The van der Waals surface area contributed by atoms with E-state index in [9.17, 15) is 4.79 Å². The molecule has 0 amide bonds. The molecule has 0 aliphatic rings. The smallest absolute Gasteiger partial charge is 0.170 e. The molecule has 3 aromatic heterocycles. The number of carbonyl (C=O) groups excluding carboxylic acids is 1. The van der Waals surface area contributed by atoms with Gasteiger partial charge in [0.2, 0.25) is 0 Å². The Bertz CT molecular complexity index is 855. The summed E-state index contributed by atoms with van der Waals surface area (Å²) in [5, 5.41) is 2.16. The average molecular weight is 458 g/mol. The molecule has 0 aromatic carbocycles. The van der Waals surface area contributed by atoms with Crippen LogP contribution < -0.4 is 0 Å². The SMILES string of the molecule is CCCCCCCCCCc1c(C(C)=O)sc2c1sc1c(Br)csc12. The third-order valence-electron chi connectivity index (χ3n) is 4.67. The van der Waals surface area contributed by atoms with Gasteiger partial charge in [-0.1, -0.05) is 51.9 Å². The van der Waals surface area contributed by atoms with Crippen LogP contribution >= 0.6 is 49.9 Å². The molecule has 1 nitrogen and oxygen atoms in total. The summed E-state index contributed by atoms with van der Waals surface area (Å²) in [6.45, 7) is 3.98. The first-order valence-corrected chi connectivity index (χ1v) is 12.6. The number of ketones is 1. The van der Waals surface area contributed by atoms with Crippen LogP contribution in [-0.2, 0) is 6.42 Å². The maximum absolute atomic E-state index is 12.1. The van der Waals surface area contributed by atoms with Crippen molar-refractivity contribution >= 4 is 74.5 Å². The largest absolute Gasteiger partial charge is 0.294 e. The van der Waals surface area contributed by atoms with Gasteiger partial charge in [0.15, 0.2) is 5.78 Å². The fraction of sp³-hybridized carbons (Fsp3) is 0.550. The third-order valence-corrected chi connectivity index (χ3v) is 9.88. The van der Waals surface area contributed by atoms with E-state index in [4.69, 9.17) is 0 Å². The van der Waals surface area contributed by atoms with E-state index < -0.39 is 0 Å². The van der Waals surface area contributed by atoms with Gasteiger partial charge < -0.3 is 0 Å². The number of Topliss-reactive ketones (excluding diaryl/α,β-unsaturated/α-hetero) is 1. The second-order valence-corrected chi connectivity index (χ2v) is 10.5. The minimum Gasteiger partial charge on any atom is -0.294 e. The van der Waals surface area contributed by atoms with Crippen LogP contribution in [0.2, 0.25) is 0 Å². The molecular formula is C20H25BrOS3. The van der Waals surface area contributed by atoms with Gasteiger partial charge in [-0.2, -0.15) is 0 Å². The van der Waals surface area contributed by atoms with Gasteiger partial charge in [0.25, 0.3) is 0 Å². The number of aryl methyl sites for hydroxylation is 1. The molecule has 0 saturated heterocycles. The molecular weight excluding hydrogens is 432 g/mol. The quantitative estimate of drug-likeness (QED) is 0.220. The van der Waals surface area contributed by atoms with Crippen molar-refractivity contribution in [3.63, 3.8) is 0 Å². The van der Waals surface area contributed by atoms with Crippen LogP contribution in [-0.4, -0.2) is 5.78 Å². The predicted octanol–water partition coefficient (Wildman–Crippen LogP) is 8.83. The third kappa shape index (κ3) is 4.37. The van der Waals surface area contributed by atoms with Crippen molar-refractivity contribution in [2.75, 3.05) is 0 Å². The van der Waals surface area contributed by atoms with E-state index in [1.54, 1.807) is 29.6 Å². The summed E-state index contributed by atoms with van der Waals surface area (Å²) in [6.07, 6.45) is 11.7. The van der Waals surface area contributed by atoms with E-state index in [2.05, 4.69) is 28.2 Å². The molecule has 3 rings (SSSR count). The van der Waals surface area contributed by atoms with Gasteiger partial charge in [-0.15, -0.1) is 34.0 Å². The molecule has 0 bridgehead atoms. The number of rotatable bonds is 10. The number of halogens is 1. The highest BCUT2D eigenvalue weighted by Gasteiger charge is 2.21. The number of hydrogen-bond acceptors (Lipinski definition) is 4. The first kappa shape index (κ1) is 19.5. The number of unbranched alkanes of at least 4 members (excludes halogenated alkanes) is 7. The van der Waals surface area contributed by atoms with Gasteiger partial charge in [-0.05, 0) is 41.3 Å². The summed E-state index contributed by atoms with van der Waals surface area (Å²) in [4.78, 5) is 13.1. The molecule has 0 fully saturated rings. The first-order chi connectivity index (χ1) is 12.1. The highest BCUT2D eigenvalue weighted by atomic mass is 79.9. The molecule has 0 aliphatic carbocycles. The van der Waals surface area contributed by atoms with Crippen molar-refractivity contribution in [1.82, 2.24) is 0 Å². The highest BCUT2D eigenvalue weighted by Crippen LogP contribution is 2.48. The molecule has 0 radical (unpaired) electrons. The van der Waals surface area contributed by atoms with E-state index in [0.29, 0.717) is 0 Å². The Balaban J connectivity index is 1.67. The zero-order chi connectivity index (χ0) is 17.8. The summed E-state index contributed by atoms with van der Waals surface area (Å²) in [7, 11) is 0. The summed E-state index contributed by atoms with van der Waals surface area (Å²) in [5.41, 5.74) is 1.32. The Morgan fingerprint density at radius 3 is 2.28 bits per heavy atom. The molecule has 0 N–H and O–H groups in total. The molecule has 0 atom stereocenters. The molecule has 0 spiro atoms. The standard InChI is InChI=1S/C20H25BrOS3/c1-3-4-5-6-7-8-9-10-11-14-16(13(2)22)24-20-17(14)25-18-15(21)12-23-19(18)20/h12H,3-11H2,1-2H3. The Hall–Kier alpha value is -0.230. The predicted molar refractivity (Wildman–Crippen MR) is 119 cm³/mol. The molecule has 5 heteroatoms. The van der Waals surface area contributed by atoms with Gasteiger partial charge >= 0.3 is 0 Å². The molecule has 0 unspecified atom stereocenters. The van der Waals surface area contributed by atoms with E-state index in [-0.39, 0.29) is 5.78 Å².